The van der Waals surface area contributed by atoms with Gasteiger partial charge >= 0.3 is 0 Å². The van der Waals surface area contributed by atoms with Crippen LogP contribution in [0.2, 0.25) is 0 Å². The lowest BCUT2D eigenvalue weighted by Gasteiger charge is -2.05. The van der Waals surface area contributed by atoms with Gasteiger partial charge in [0.2, 0.25) is 0 Å². The predicted molar refractivity (Wildman–Crippen MR) is 92.8 cm³/mol. The van der Waals surface area contributed by atoms with Gasteiger partial charge in [-0.2, -0.15) is 0 Å². The van der Waals surface area contributed by atoms with Crippen LogP contribution in [0.25, 0.3) is 0 Å². The van der Waals surface area contributed by atoms with Gasteiger partial charge < -0.3 is 9.26 Å². The Labute approximate surface area is 147 Å². The molecule has 25 heavy (non-hydrogen) atoms. The first kappa shape index (κ1) is 17.5. The fourth-order valence-corrected chi connectivity index (χ4v) is 3.20. The molecule has 0 amide bonds. The molecule has 1 fully saturated rings. The summed E-state index contributed by atoms with van der Waals surface area (Å²) in [5.74, 6) is 0.825. The Hall–Kier alpha value is -2.27. The van der Waals surface area contributed by atoms with Crippen molar-refractivity contribution >= 4 is 12.1 Å². The van der Waals surface area contributed by atoms with Crippen molar-refractivity contribution in [3.63, 3.8) is 0 Å². The average Bonchev–Trinajstić information content (AvgIpc) is 3.30. The highest BCUT2D eigenvalue weighted by atomic mass is 16.5. The molecule has 1 aliphatic rings. The molecule has 5 heteroatoms. The maximum atomic E-state index is 12.4. The van der Waals surface area contributed by atoms with Crippen LogP contribution in [0.5, 0.6) is 0 Å². The van der Waals surface area contributed by atoms with E-state index in [0.717, 1.165) is 38.9 Å². The van der Waals surface area contributed by atoms with Crippen molar-refractivity contribution in [1.82, 2.24) is 5.16 Å². The predicted octanol–water partition coefficient (Wildman–Crippen LogP) is 3.66. The average molecular weight is 341 g/mol. The summed E-state index contributed by atoms with van der Waals surface area (Å²) in [6, 6.07) is 10.1. The molecular formula is C20H23NO4. The molecule has 0 N–H and O–H groups in total. The van der Waals surface area contributed by atoms with E-state index in [-0.39, 0.29) is 11.5 Å². The summed E-state index contributed by atoms with van der Waals surface area (Å²) >= 11 is 0. The molecule has 1 aromatic carbocycles. The first-order valence-electron chi connectivity index (χ1n) is 8.86. The van der Waals surface area contributed by atoms with Crippen LogP contribution in [-0.2, 0) is 17.6 Å². The molecule has 1 aliphatic heterocycles. The van der Waals surface area contributed by atoms with E-state index in [4.69, 9.17) is 9.26 Å². The van der Waals surface area contributed by atoms with Crippen LogP contribution in [-0.4, -0.2) is 30.4 Å². The number of rotatable bonds is 9. The third-order valence-corrected chi connectivity index (χ3v) is 4.70. The lowest BCUT2D eigenvalue weighted by molar-refractivity contribution is 0.0957. The minimum Gasteiger partial charge on any atom is -0.381 e. The summed E-state index contributed by atoms with van der Waals surface area (Å²) in [7, 11) is 0. The lowest BCUT2D eigenvalue weighted by Crippen LogP contribution is -2.08. The van der Waals surface area contributed by atoms with E-state index in [0.29, 0.717) is 36.4 Å². The number of hydrogen-bond acceptors (Lipinski definition) is 5. The van der Waals surface area contributed by atoms with E-state index < -0.39 is 0 Å². The van der Waals surface area contributed by atoms with E-state index in [1.165, 1.54) is 5.56 Å². The van der Waals surface area contributed by atoms with Gasteiger partial charge in [-0.05, 0) is 37.2 Å². The number of carbonyl (C=O) groups is 2. The van der Waals surface area contributed by atoms with Crippen molar-refractivity contribution in [3.05, 3.63) is 52.9 Å². The van der Waals surface area contributed by atoms with Gasteiger partial charge in [0.05, 0.1) is 5.56 Å². The zero-order chi connectivity index (χ0) is 17.5. The largest absolute Gasteiger partial charge is 0.381 e. The van der Waals surface area contributed by atoms with Crippen molar-refractivity contribution < 1.29 is 18.8 Å². The third kappa shape index (κ3) is 4.63. The van der Waals surface area contributed by atoms with Gasteiger partial charge in [-0.3, -0.25) is 9.59 Å². The van der Waals surface area contributed by atoms with Gasteiger partial charge in [0.1, 0.15) is 5.76 Å². The second kappa shape index (κ2) is 8.72. The molecule has 0 saturated carbocycles. The third-order valence-electron chi connectivity index (χ3n) is 4.70. The van der Waals surface area contributed by atoms with Crippen LogP contribution >= 0.6 is 0 Å². The Morgan fingerprint density at radius 3 is 2.80 bits per heavy atom. The van der Waals surface area contributed by atoms with E-state index in [1.807, 2.05) is 18.2 Å². The standard InChI is InChI=1S/C20H23NO4/c22-13-17-19(8-4-7-15-5-2-1-3-6-15)25-21-20(17)18(23)10-9-16-11-12-24-14-16/h1-3,5-6,13,16H,4,7-12,14H2. The lowest BCUT2D eigenvalue weighted by atomic mass is 9.98. The zero-order valence-electron chi connectivity index (χ0n) is 14.3. The van der Waals surface area contributed by atoms with Crippen LogP contribution in [0.15, 0.2) is 34.9 Å². The second-order valence-corrected chi connectivity index (χ2v) is 6.52. The van der Waals surface area contributed by atoms with Gasteiger partial charge in [0.15, 0.2) is 17.8 Å². The molecule has 3 rings (SSSR count). The van der Waals surface area contributed by atoms with Crippen LogP contribution in [0.1, 0.15) is 57.9 Å². The Morgan fingerprint density at radius 2 is 2.08 bits per heavy atom. The quantitative estimate of drug-likeness (QED) is 0.514. The fraction of sp³-hybridized carbons (Fsp3) is 0.450. The SMILES string of the molecule is O=Cc1c(C(=O)CCC2CCOC2)noc1CCCc1ccccc1. The first-order valence-corrected chi connectivity index (χ1v) is 8.86. The highest BCUT2D eigenvalue weighted by molar-refractivity contribution is 6.01. The van der Waals surface area contributed by atoms with Crippen LogP contribution < -0.4 is 0 Å². The van der Waals surface area contributed by atoms with Crippen LogP contribution in [0.3, 0.4) is 0 Å². The smallest absolute Gasteiger partial charge is 0.185 e. The minimum absolute atomic E-state index is 0.118. The summed E-state index contributed by atoms with van der Waals surface area (Å²) in [5.41, 5.74) is 1.74. The monoisotopic (exact) mass is 341 g/mol. The molecule has 5 nitrogen and oxygen atoms in total. The summed E-state index contributed by atoms with van der Waals surface area (Å²) in [4.78, 5) is 23.8. The zero-order valence-corrected chi connectivity index (χ0v) is 14.3. The van der Waals surface area contributed by atoms with Crippen molar-refractivity contribution in [2.75, 3.05) is 13.2 Å². The summed E-state index contributed by atoms with van der Waals surface area (Å²) in [6.45, 7) is 1.49. The minimum atomic E-state index is -0.118. The van der Waals surface area contributed by atoms with Gasteiger partial charge in [-0.1, -0.05) is 35.5 Å². The molecule has 0 aliphatic carbocycles. The molecule has 2 aromatic rings. The number of ketones is 1. The van der Waals surface area contributed by atoms with Gasteiger partial charge in [0, 0.05) is 26.1 Å². The molecular weight excluding hydrogens is 318 g/mol. The molecule has 1 aromatic heterocycles. The Morgan fingerprint density at radius 1 is 1.24 bits per heavy atom. The molecule has 1 atom stereocenters. The maximum absolute atomic E-state index is 12.4. The van der Waals surface area contributed by atoms with Crippen molar-refractivity contribution in [1.29, 1.82) is 0 Å². The summed E-state index contributed by atoms with van der Waals surface area (Å²) < 4.78 is 10.6. The summed E-state index contributed by atoms with van der Waals surface area (Å²) in [6.07, 6.45) is 5.17. The molecule has 0 spiro atoms. The number of Topliss-reactive ketones (excluding diaryl/α,β-unsaturated/α-hetero) is 1. The molecule has 0 bridgehead atoms. The fourth-order valence-electron chi connectivity index (χ4n) is 3.20. The first-order chi connectivity index (χ1) is 12.3. The number of aryl methyl sites for hydroxylation is 2. The number of aldehydes is 1. The Balaban J connectivity index is 1.56. The van der Waals surface area contributed by atoms with Crippen molar-refractivity contribution in [3.8, 4) is 0 Å². The maximum Gasteiger partial charge on any atom is 0.185 e. The van der Waals surface area contributed by atoms with E-state index in [9.17, 15) is 9.59 Å². The number of hydrogen-bond donors (Lipinski definition) is 0. The molecule has 1 saturated heterocycles. The Bertz CT molecular complexity index is 702. The van der Waals surface area contributed by atoms with E-state index in [1.54, 1.807) is 0 Å². The molecule has 1 unspecified atom stereocenters. The van der Waals surface area contributed by atoms with E-state index >= 15 is 0 Å². The van der Waals surface area contributed by atoms with Crippen molar-refractivity contribution in [2.24, 2.45) is 5.92 Å². The number of benzene rings is 1. The highest BCUT2D eigenvalue weighted by Gasteiger charge is 2.23. The van der Waals surface area contributed by atoms with Gasteiger partial charge in [-0.15, -0.1) is 0 Å². The number of aromatic nitrogens is 1. The molecule has 0 radical (unpaired) electrons. The van der Waals surface area contributed by atoms with Crippen LogP contribution in [0, 0.1) is 5.92 Å². The highest BCUT2D eigenvalue weighted by Crippen LogP contribution is 2.22. The van der Waals surface area contributed by atoms with Crippen molar-refractivity contribution in [2.45, 2.75) is 38.5 Å². The van der Waals surface area contributed by atoms with Gasteiger partial charge in [-0.25, -0.2) is 0 Å². The second-order valence-electron chi connectivity index (χ2n) is 6.52. The summed E-state index contributed by atoms with van der Waals surface area (Å²) in [5, 5.41) is 3.87. The number of ether oxygens (including phenoxy) is 1. The van der Waals surface area contributed by atoms with Crippen LogP contribution in [0.4, 0.5) is 0 Å². The number of carbonyl (C=O) groups excluding carboxylic acids is 2. The topological polar surface area (TPSA) is 69.4 Å². The molecule has 132 valence electrons. The van der Waals surface area contributed by atoms with E-state index in [2.05, 4.69) is 17.3 Å². The van der Waals surface area contributed by atoms with Gasteiger partial charge in [0.25, 0.3) is 0 Å². The Kier molecular flexibility index (Phi) is 6.12. The number of nitrogens with zero attached hydrogens (tertiary/aromatic N) is 1. The normalized spacial score (nSPS) is 16.9. The molecule has 2 heterocycles.